The van der Waals surface area contributed by atoms with Gasteiger partial charge in [0.05, 0.1) is 4.92 Å². The van der Waals surface area contributed by atoms with E-state index in [1.54, 1.807) is 18.2 Å². The molecule has 5 nitrogen and oxygen atoms in total. The van der Waals surface area contributed by atoms with Crippen LogP contribution >= 0.6 is 0 Å². The van der Waals surface area contributed by atoms with Crippen LogP contribution in [0.5, 0.6) is 0 Å². The molecule has 0 saturated carbocycles. The lowest BCUT2D eigenvalue weighted by molar-refractivity contribution is -0.385. The van der Waals surface area contributed by atoms with Gasteiger partial charge in [0, 0.05) is 18.2 Å². The predicted molar refractivity (Wildman–Crippen MR) is 74.9 cm³/mol. The molecule has 1 aromatic carbocycles. The first-order valence-corrected chi connectivity index (χ1v) is 6.85. The quantitative estimate of drug-likeness (QED) is 0.653. The Labute approximate surface area is 113 Å². The smallest absolute Gasteiger partial charge is 0.269 e. The van der Waals surface area contributed by atoms with E-state index in [9.17, 15) is 10.1 Å². The van der Waals surface area contributed by atoms with Gasteiger partial charge in [0.2, 0.25) is 0 Å². The molecular formula is C14H21N3O2. The molecule has 1 aliphatic rings. The molecule has 19 heavy (non-hydrogen) atoms. The van der Waals surface area contributed by atoms with Crippen molar-refractivity contribution in [3.8, 4) is 0 Å². The number of hydrogen-bond acceptors (Lipinski definition) is 4. The zero-order valence-electron chi connectivity index (χ0n) is 11.3. The largest absolute Gasteiger partial charge is 0.330 e. The van der Waals surface area contributed by atoms with Gasteiger partial charge >= 0.3 is 0 Å². The first kappa shape index (κ1) is 14.0. The SMILES string of the molecule is CCCN1CCC(CN)C1c1cccc([N+](=O)[O-])c1. The van der Waals surface area contributed by atoms with Crippen LogP contribution in [-0.2, 0) is 0 Å². The molecule has 0 aliphatic carbocycles. The molecule has 0 radical (unpaired) electrons. The molecule has 0 spiro atoms. The molecule has 2 rings (SSSR count). The average molecular weight is 263 g/mol. The number of nitrogens with two attached hydrogens (primary N) is 1. The van der Waals surface area contributed by atoms with Crippen molar-refractivity contribution in [2.75, 3.05) is 19.6 Å². The van der Waals surface area contributed by atoms with Gasteiger partial charge in [-0.2, -0.15) is 0 Å². The van der Waals surface area contributed by atoms with E-state index in [1.165, 1.54) is 0 Å². The Hall–Kier alpha value is -1.46. The lowest BCUT2D eigenvalue weighted by Gasteiger charge is -2.27. The Morgan fingerprint density at radius 2 is 2.32 bits per heavy atom. The summed E-state index contributed by atoms with van der Waals surface area (Å²) >= 11 is 0. The van der Waals surface area contributed by atoms with E-state index in [0.717, 1.165) is 31.5 Å². The maximum absolute atomic E-state index is 10.9. The molecule has 1 heterocycles. The molecule has 2 atom stereocenters. The van der Waals surface area contributed by atoms with E-state index in [4.69, 9.17) is 5.73 Å². The van der Waals surface area contributed by atoms with Crippen molar-refractivity contribution in [1.82, 2.24) is 4.90 Å². The van der Waals surface area contributed by atoms with Crippen molar-refractivity contribution < 1.29 is 4.92 Å². The first-order chi connectivity index (χ1) is 9.17. The van der Waals surface area contributed by atoms with Gasteiger partial charge in [-0.05, 0) is 44.0 Å². The Bertz CT molecular complexity index is 450. The third-order valence-electron chi connectivity index (χ3n) is 3.86. The topological polar surface area (TPSA) is 72.4 Å². The lowest BCUT2D eigenvalue weighted by Crippen LogP contribution is -2.28. The summed E-state index contributed by atoms with van der Waals surface area (Å²) in [5, 5.41) is 10.9. The second-order valence-corrected chi connectivity index (χ2v) is 5.12. The van der Waals surface area contributed by atoms with E-state index in [2.05, 4.69) is 11.8 Å². The van der Waals surface area contributed by atoms with Crippen molar-refractivity contribution in [3.63, 3.8) is 0 Å². The van der Waals surface area contributed by atoms with E-state index in [1.807, 2.05) is 6.07 Å². The summed E-state index contributed by atoms with van der Waals surface area (Å²) in [4.78, 5) is 13.0. The molecule has 104 valence electrons. The molecule has 1 aliphatic heterocycles. The van der Waals surface area contributed by atoms with Crippen molar-refractivity contribution in [2.45, 2.75) is 25.8 Å². The number of rotatable bonds is 5. The number of nitro benzene ring substituents is 1. The van der Waals surface area contributed by atoms with Gasteiger partial charge in [-0.15, -0.1) is 0 Å². The minimum atomic E-state index is -0.333. The Morgan fingerprint density at radius 3 is 2.95 bits per heavy atom. The van der Waals surface area contributed by atoms with E-state index < -0.39 is 0 Å². The van der Waals surface area contributed by atoms with Crippen molar-refractivity contribution in [3.05, 3.63) is 39.9 Å². The van der Waals surface area contributed by atoms with Crippen LogP contribution in [0.2, 0.25) is 0 Å². The zero-order valence-corrected chi connectivity index (χ0v) is 11.3. The highest BCUT2D eigenvalue weighted by Gasteiger charge is 2.34. The van der Waals surface area contributed by atoms with Crippen LogP contribution in [0.3, 0.4) is 0 Å². The number of non-ortho nitro benzene ring substituents is 1. The highest BCUT2D eigenvalue weighted by atomic mass is 16.6. The highest BCUT2D eigenvalue weighted by Crippen LogP contribution is 2.37. The number of nitrogens with zero attached hydrogens (tertiary/aromatic N) is 2. The van der Waals surface area contributed by atoms with Gasteiger partial charge in [-0.3, -0.25) is 15.0 Å². The van der Waals surface area contributed by atoms with Crippen LogP contribution < -0.4 is 5.73 Å². The lowest BCUT2D eigenvalue weighted by atomic mass is 9.93. The summed E-state index contributed by atoms with van der Waals surface area (Å²) in [5.41, 5.74) is 7.04. The third kappa shape index (κ3) is 2.93. The average Bonchev–Trinajstić information content (AvgIpc) is 2.82. The van der Waals surface area contributed by atoms with Crippen LogP contribution in [0.4, 0.5) is 5.69 Å². The summed E-state index contributed by atoms with van der Waals surface area (Å²) in [6.45, 7) is 4.83. The number of nitro groups is 1. The second kappa shape index (κ2) is 6.12. The molecule has 0 amide bonds. The first-order valence-electron chi connectivity index (χ1n) is 6.85. The molecule has 5 heteroatoms. The molecule has 2 N–H and O–H groups in total. The van der Waals surface area contributed by atoms with Gasteiger partial charge in [0.15, 0.2) is 0 Å². The number of hydrogen-bond donors (Lipinski definition) is 1. The van der Waals surface area contributed by atoms with Crippen molar-refractivity contribution in [1.29, 1.82) is 0 Å². The zero-order chi connectivity index (χ0) is 13.8. The molecule has 2 unspecified atom stereocenters. The van der Waals surface area contributed by atoms with Gasteiger partial charge in [-0.1, -0.05) is 19.1 Å². The van der Waals surface area contributed by atoms with Crippen molar-refractivity contribution >= 4 is 5.69 Å². The predicted octanol–water partition coefficient (Wildman–Crippen LogP) is 2.33. The molecule has 1 aromatic rings. The maximum atomic E-state index is 10.9. The van der Waals surface area contributed by atoms with Gasteiger partial charge < -0.3 is 5.73 Å². The minimum absolute atomic E-state index is 0.164. The third-order valence-corrected chi connectivity index (χ3v) is 3.86. The fourth-order valence-corrected chi connectivity index (χ4v) is 3.02. The standard InChI is InChI=1S/C14H21N3O2/c1-2-7-16-8-6-12(10-15)14(16)11-4-3-5-13(9-11)17(18)19/h3-5,9,12,14H,2,6-8,10,15H2,1H3. The van der Waals surface area contributed by atoms with Gasteiger partial charge in [-0.25, -0.2) is 0 Å². The fourth-order valence-electron chi connectivity index (χ4n) is 3.02. The minimum Gasteiger partial charge on any atom is -0.330 e. The number of likely N-dealkylation sites (tertiary alicyclic amines) is 1. The molecule has 1 saturated heterocycles. The summed E-state index contributed by atoms with van der Waals surface area (Å²) < 4.78 is 0. The Kier molecular flexibility index (Phi) is 4.50. The monoisotopic (exact) mass is 263 g/mol. The fraction of sp³-hybridized carbons (Fsp3) is 0.571. The Balaban J connectivity index is 2.30. The molecule has 1 fully saturated rings. The summed E-state index contributed by atoms with van der Waals surface area (Å²) in [6.07, 6.45) is 2.16. The van der Waals surface area contributed by atoms with Crippen LogP contribution in [0.1, 0.15) is 31.4 Å². The van der Waals surface area contributed by atoms with E-state index in [0.29, 0.717) is 12.5 Å². The molecule has 0 bridgehead atoms. The van der Waals surface area contributed by atoms with Crippen LogP contribution in [0.15, 0.2) is 24.3 Å². The van der Waals surface area contributed by atoms with Gasteiger partial charge in [0.1, 0.15) is 0 Å². The maximum Gasteiger partial charge on any atom is 0.269 e. The normalized spacial score (nSPS) is 23.7. The molecule has 0 aromatic heterocycles. The highest BCUT2D eigenvalue weighted by molar-refractivity contribution is 5.36. The summed E-state index contributed by atoms with van der Waals surface area (Å²) in [6, 6.07) is 7.21. The van der Waals surface area contributed by atoms with Gasteiger partial charge in [0.25, 0.3) is 5.69 Å². The molecular weight excluding hydrogens is 242 g/mol. The summed E-state index contributed by atoms with van der Waals surface area (Å²) in [5.74, 6) is 0.397. The number of benzene rings is 1. The Morgan fingerprint density at radius 1 is 1.53 bits per heavy atom. The van der Waals surface area contributed by atoms with Crippen LogP contribution in [-0.4, -0.2) is 29.5 Å². The second-order valence-electron chi connectivity index (χ2n) is 5.12. The van der Waals surface area contributed by atoms with E-state index in [-0.39, 0.29) is 16.7 Å². The van der Waals surface area contributed by atoms with Crippen LogP contribution in [0.25, 0.3) is 0 Å². The van der Waals surface area contributed by atoms with E-state index >= 15 is 0 Å². The van der Waals surface area contributed by atoms with Crippen molar-refractivity contribution in [2.24, 2.45) is 11.7 Å². The summed E-state index contributed by atoms with van der Waals surface area (Å²) in [7, 11) is 0. The van der Waals surface area contributed by atoms with Crippen LogP contribution in [0, 0.1) is 16.0 Å².